The summed E-state index contributed by atoms with van der Waals surface area (Å²) in [6.45, 7) is 3.96. The van der Waals surface area contributed by atoms with E-state index in [0.29, 0.717) is 34.9 Å². The fraction of sp³-hybridized carbons (Fsp3) is 0.136. The second kappa shape index (κ2) is 8.81. The number of amides is 1. The Balaban J connectivity index is 1.71. The van der Waals surface area contributed by atoms with Crippen LogP contribution >= 0.6 is 0 Å². The van der Waals surface area contributed by atoms with Crippen LogP contribution in [0.4, 0.5) is 17.2 Å². The molecule has 0 aliphatic rings. The molecular formula is C22H21N3O3. The molecule has 1 aromatic heterocycles. The number of esters is 1. The Kier molecular flexibility index (Phi) is 6.01. The minimum atomic E-state index is -0.396. The van der Waals surface area contributed by atoms with Crippen molar-refractivity contribution in [3.8, 4) is 0 Å². The Morgan fingerprint density at radius 1 is 0.964 bits per heavy atom. The molecule has 0 spiro atoms. The quantitative estimate of drug-likeness (QED) is 0.617. The Hall–Kier alpha value is -3.67. The Labute approximate surface area is 163 Å². The van der Waals surface area contributed by atoms with E-state index in [4.69, 9.17) is 4.74 Å². The number of nitrogens with zero attached hydrogens (tertiary/aromatic N) is 1. The van der Waals surface area contributed by atoms with Crippen LogP contribution in [0.2, 0.25) is 0 Å². The van der Waals surface area contributed by atoms with Crippen molar-refractivity contribution in [1.82, 2.24) is 4.98 Å². The molecular weight excluding hydrogens is 354 g/mol. The lowest BCUT2D eigenvalue weighted by atomic mass is 10.1. The Bertz CT molecular complexity index is 984. The zero-order chi connectivity index (χ0) is 19.9. The Morgan fingerprint density at radius 3 is 2.36 bits per heavy atom. The third-order valence-corrected chi connectivity index (χ3v) is 4.10. The first-order valence-corrected chi connectivity index (χ1v) is 8.94. The van der Waals surface area contributed by atoms with E-state index in [1.807, 2.05) is 31.2 Å². The number of carbonyl (C=O) groups excluding carboxylic acids is 2. The van der Waals surface area contributed by atoms with Crippen LogP contribution in [0.3, 0.4) is 0 Å². The number of ether oxygens (including phenoxy) is 1. The third-order valence-electron chi connectivity index (χ3n) is 4.10. The van der Waals surface area contributed by atoms with Gasteiger partial charge in [0.15, 0.2) is 0 Å². The summed E-state index contributed by atoms with van der Waals surface area (Å²) < 4.78 is 5.07. The van der Waals surface area contributed by atoms with Gasteiger partial charge in [-0.1, -0.05) is 30.3 Å². The van der Waals surface area contributed by atoms with Crippen LogP contribution in [0.1, 0.15) is 33.2 Å². The van der Waals surface area contributed by atoms with Crippen LogP contribution in [0.15, 0.2) is 66.9 Å². The van der Waals surface area contributed by atoms with Crippen molar-refractivity contribution in [2.45, 2.75) is 13.8 Å². The number of para-hydroxylation sites is 1. The zero-order valence-corrected chi connectivity index (χ0v) is 15.7. The van der Waals surface area contributed by atoms with Gasteiger partial charge >= 0.3 is 5.97 Å². The number of carbonyl (C=O) groups is 2. The van der Waals surface area contributed by atoms with Gasteiger partial charge in [-0.3, -0.25) is 4.79 Å². The van der Waals surface area contributed by atoms with Crippen LogP contribution < -0.4 is 10.6 Å². The van der Waals surface area contributed by atoms with Gasteiger partial charge in [0.25, 0.3) is 5.91 Å². The van der Waals surface area contributed by atoms with Gasteiger partial charge in [0, 0.05) is 5.56 Å². The van der Waals surface area contributed by atoms with Gasteiger partial charge in [-0.05, 0) is 49.7 Å². The summed E-state index contributed by atoms with van der Waals surface area (Å²) >= 11 is 0. The first-order chi connectivity index (χ1) is 13.6. The fourth-order valence-electron chi connectivity index (χ4n) is 2.68. The van der Waals surface area contributed by atoms with Gasteiger partial charge in [0.1, 0.15) is 5.82 Å². The van der Waals surface area contributed by atoms with Gasteiger partial charge in [0.05, 0.1) is 29.7 Å². The number of anilines is 3. The van der Waals surface area contributed by atoms with E-state index in [1.54, 1.807) is 49.5 Å². The molecule has 0 saturated carbocycles. The van der Waals surface area contributed by atoms with E-state index in [2.05, 4.69) is 15.6 Å². The van der Waals surface area contributed by atoms with Crippen molar-refractivity contribution < 1.29 is 14.3 Å². The molecule has 3 rings (SSSR count). The van der Waals surface area contributed by atoms with Crippen LogP contribution in [0.25, 0.3) is 0 Å². The maximum Gasteiger partial charge on any atom is 0.340 e. The molecule has 6 heteroatoms. The molecule has 0 fully saturated rings. The minimum Gasteiger partial charge on any atom is -0.462 e. The number of pyridine rings is 1. The van der Waals surface area contributed by atoms with Crippen molar-refractivity contribution in [2.24, 2.45) is 0 Å². The van der Waals surface area contributed by atoms with E-state index in [-0.39, 0.29) is 5.91 Å². The SMILES string of the molecule is CCOC(=O)c1ccccc1Nc1ccc(NC(=O)c2ccccc2C)cn1. The van der Waals surface area contributed by atoms with Crippen LogP contribution in [0, 0.1) is 6.92 Å². The summed E-state index contributed by atoms with van der Waals surface area (Å²) in [6.07, 6.45) is 1.56. The maximum atomic E-state index is 12.4. The summed E-state index contributed by atoms with van der Waals surface area (Å²) in [6, 6.07) is 17.9. The zero-order valence-electron chi connectivity index (χ0n) is 15.7. The molecule has 1 heterocycles. The monoisotopic (exact) mass is 375 g/mol. The topological polar surface area (TPSA) is 80.3 Å². The molecule has 2 N–H and O–H groups in total. The average Bonchev–Trinajstić information content (AvgIpc) is 2.70. The lowest BCUT2D eigenvalue weighted by Gasteiger charge is -2.11. The highest BCUT2D eigenvalue weighted by molar-refractivity contribution is 6.05. The van der Waals surface area contributed by atoms with Gasteiger partial charge in [-0.15, -0.1) is 0 Å². The highest BCUT2D eigenvalue weighted by atomic mass is 16.5. The molecule has 0 aliphatic heterocycles. The average molecular weight is 375 g/mol. The Morgan fingerprint density at radius 2 is 1.68 bits per heavy atom. The van der Waals surface area contributed by atoms with Crippen molar-refractivity contribution in [3.63, 3.8) is 0 Å². The number of aryl methyl sites for hydroxylation is 1. The number of benzene rings is 2. The van der Waals surface area contributed by atoms with Crippen LogP contribution in [-0.4, -0.2) is 23.5 Å². The van der Waals surface area contributed by atoms with Gasteiger partial charge in [-0.2, -0.15) is 0 Å². The van der Waals surface area contributed by atoms with Crippen molar-refractivity contribution in [2.75, 3.05) is 17.2 Å². The van der Waals surface area contributed by atoms with E-state index < -0.39 is 5.97 Å². The minimum absolute atomic E-state index is 0.187. The van der Waals surface area contributed by atoms with E-state index in [1.165, 1.54) is 0 Å². The standard InChI is InChI=1S/C22H21N3O3/c1-3-28-22(27)18-10-6-7-11-19(18)25-20-13-12-16(14-23-20)24-21(26)17-9-5-4-8-15(17)2/h4-14H,3H2,1-2H3,(H,23,25)(H,24,26). The molecule has 3 aromatic rings. The van der Waals surface area contributed by atoms with Crippen LogP contribution in [-0.2, 0) is 4.74 Å². The summed E-state index contributed by atoms with van der Waals surface area (Å²) in [5.74, 6) is -0.0355. The van der Waals surface area contributed by atoms with Crippen molar-refractivity contribution in [1.29, 1.82) is 0 Å². The van der Waals surface area contributed by atoms with Gasteiger partial charge in [0.2, 0.25) is 0 Å². The summed E-state index contributed by atoms with van der Waals surface area (Å²) in [7, 11) is 0. The summed E-state index contributed by atoms with van der Waals surface area (Å²) in [5, 5.41) is 5.94. The maximum absolute atomic E-state index is 12.4. The lowest BCUT2D eigenvalue weighted by Crippen LogP contribution is -2.13. The fourth-order valence-corrected chi connectivity index (χ4v) is 2.68. The number of hydrogen-bond donors (Lipinski definition) is 2. The molecule has 2 aromatic carbocycles. The smallest absolute Gasteiger partial charge is 0.340 e. The van der Waals surface area contributed by atoms with Gasteiger partial charge in [-0.25, -0.2) is 9.78 Å². The second-order valence-corrected chi connectivity index (χ2v) is 6.09. The predicted molar refractivity (Wildman–Crippen MR) is 109 cm³/mol. The summed E-state index contributed by atoms with van der Waals surface area (Å²) in [4.78, 5) is 28.8. The number of rotatable bonds is 6. The third kappa shape index (κ3) is 4.54. The highest BCUT2D eigenvalue weighted by Gasteiger charge is 2.13. The summed E-state index contributed by atoms with van der Waals surface area (Å²) in [5.41, 5.74) is 3.14. The molecule has 28 heavy (non-hydrogen) atoms. The van der Waals surface area contributed by atoms with E-state index in [9.17, 15) is 9.59 Å². The van der Waals surface area contributed by atoms with E-state index in [0.717, 1.165) is 5.56 Å². The number of hydrogen-bond acceptors (Lipinski definition) is 5. The normalized spacial score (nSPS) is 10.2. The predicted octanol–water partition coefficient (Wildman–Crippen LogP) is 4.56. The first kappa shape index (κ1) is 19.1. The molecule has 0 aliphatic carbocycles. The number of nitrogens with one attached hydrogen (secondary N) is 2. The second-order valence-electron chi connectivity index (χ2n) is 6.09. The molecule has 6 nitrogen and oxygen atoms in total. The molecule has 0 saturated heterocycles. The van der Waals surface area contributed by atoms with Crippen molar-refractivity contribution in [3.05, 3.63) is 83.6 Å². The van der Waals surface area contributed by atoms with E-state index >= 15 is 0 Å². The molecule has 0 radical (unpaired) electrons. The van der Waals surface area contributed by atoms with Crippen LogP contribution in [0.5, 0.6) is 0 Å². The molecule has 1 amide bonds. The number of aromatic nitrogens is 1. The van der Waals surface area contributed by atoms with Crippen molar-refractivity contribution >= 4 is 29.1 Å². The highest BCUT2D eigenvalue weighted by Crippen LogP contribution is 2.21. The van der Waals surface area contributed by atoms with Gasteiger partial charge < -0.3 is 15.4 Å². The lowest BCUT2D eigenvalue weighted by molar-refractivity contribution is 0.0527. The molecule has 0 unspecified atom stereocenters. The molecule has 0 atom stereocenters. The first-order valence-electron chi connectivity index (χ1n) is 8.94. The largest absolute Gasteiger partial charge is 0.462 e. The molecule has 142 valence electrons. The molecule has 0 bridgehead atoms.